The van der Waals surface area contributed by atoms with Crippen molar-refractivity contribution in [3.63, 3.8) is 0 Å². The summed E-state index contributed by atoms with van der Waals surface area (Å²) >= 11 is 6.17. The van der Waals surface area contributed by atoms with Crippen molar-refractivity contribution in [1.82, 2.24) is 0 Å². The number of halogens is 1. The van der Waals surface area contributed by atoms with E-state index < -0.39 is 0 Å². The number of nitrogens with zero attached hydrogens (tertiary/aromatic N) is 1. The van der Waals surface area contributed by atoms with Crippen molar-refractivity contribution >= 4 is 17.3 Å². The normalized spacial score (nSPS) is 21.5. The lowest BCUT2D eigenvalue weighted by Crippen LogP contribution is -2.57. The summed E-state index contributed by atoms with van der Waals surface area (Å²) in [5, 5.41) is 9.78. The predicted molar refractivity (Wildman–Crippen MR) is 78.8 cm³/mol. The van der Waals surface area contributed by atoms with E-state index in [9.17, 15) is 0 Å². The van der Waals surface area contributed by atoms with Crippen LogP contribution in [0.1, 0.15) is 33.3 Å². The van der Waals surface area contributed by atoms with E-state index in [1.165, 1.54) is 0 Å². The van der Waals surface area contributed by atoms with E-state index in [0.29, 0.717) is 5.02 Å². The topological polar surface area (TPSA) is 32.7 Å². The number of hydrogen-bond donors (Lipinski definition) is 1. The van der Waals surface area contributed by atoms with Crippen LogP contribution in [0.25, 0.3) is 0 Å². The standard InChI is InChI=1S/C15H22ClNO2/c1-14(2)9-17(10-15(3,4)19-14)12-6-5-11(8-18)13(16)7-12/h5-7,18H,8-10H2,1-4H3. The monoisotopic (exact) mass is 283 g/mol. The lowest BCUT2D eigenvalue weighted by molar-refractivity contribution is -0.133. The molecule has 0 radical (unpaired) electrons. The Hall–Kier alpha value is -0.770. The fourth-order valence-electron chi connectivity index (χ4n) is 2.83. The van der Waals surface area contributed by atoms with Crippen LogP contribution in [0.3, 0.4) is 0 Å². The van der Waals surface area contributed by atoms with Gasteiger partial charge in [0.05, 0.1) is 17.8 Å². The summed E-state index contributed by atoms with van der Waals surface area (Å²) in [4.78, 5) is 2.29. The highest BCUT2D eigenvalue weighted by molar-refractivity contribution is 6.31. The van der Waals surface area contributed by atoms with Gasteiger partial charge < -0.3 is 14.7 Å². The van der Waals surface area contributed by atoms with E-state index >= 15 is 0 Å². The van der Waals surface area contributed by atoms with Gasteiger partial charge in [0.15, 0.2) is 0 Å². The number of benzene rings is 1. The van der Waals surface area contributed by atoms with Crippen LogP contribution in [-0.4, -0.2) is 29.4 Å². The molecule has 1 aromatic rings. The van der Waals surface area contributed by atoms with E-state index in [-0.39, 0.29) is 17.8 Å². The fourth-order valence-corrected chi connectivity index (χ4v) is 3.07. The van der Waals surface area contributed by atoms with Gasteiger partial charge in [0.25, 0.3) is 0 Å². The molecule has 0 bridgehead atoms. The van der Waals surface area contributed by atoms with Crippen molar-refractivity contribution in [1.29, 1.82) is 0 Å². The predicted octanol–water partition coefficient (Wildman–Crippen LogP) is 3.23. The van der Waals surface area contributed by atoms with E-state index in [1.54, 1.807) is 0 Å². The molecule has 1 aliphatic heterocycles. The van der Waals surface area contributed by atoms with Crippen LogP contribution in [0.4, 0.5) is 5.69 Å². The molecule has 4 heteroatoms. The van der Waals surface area contributed by atoms with E-state index in [4.69, 9.17) is 21.4 Å². The van der Waals surface area contributed by atoms with E-state index in [2.05, 4.69) is 32.6 Å². The number of rotatable bonds is 2. The summed E-state index contributed by atoms with van der Waals surface area (Å²) in [6, 6.07) is 5.81. The van der Waals surface area contributed by atoms with E-state index in [0.717, 1.165) is 24.3 Å². The van der Waals surface area contributed by atoms with Gasteiger partial charge in [-0.05, 0) is 45.4 Å². The third kappa shape index (κ3) is 3.41. The smallest absolute Gasteiger partial charge is 0.0808 e. The maximum atomic E-state index is 9.17. The Kier molecular flexibility index (Phi) is 3.83. The molecule has 1 aromatic carbocycles. The fraction of sp³-hybridized carbons (Fsp3) is 0.600. The van der Waals surface area contributed by atoms with Crippen molar-refractivity contribution in [2.24, 2.45) is 0 Å². The lowest BCUT2D eigenvalue weighted by Gasteiger charge is -2.48. The second kappa shape index (κ2) is 4.97. The van der Waals surface area contributed by atoms with Gasteiger partial charge in [-0.2, -0.15) is 0 Å². The molecular weight excluding hydrogens is 262 g/mol. The maximum absolute atomic E-state index is 9.17. The van der Waals surface area contributed by atoms with Gasteiger partial charge in [-0.1, -0.05) is 17.7 Å². The molecule has 1 heterocycles. The lowest BCUT2D eigenvalue weighted by atomic mass is 9.98. The van der Waals surface area contributed by atoms with Gasteiger partial charge in [0, 0.05) is 23.8 Å². The van der Waals surface area contributed by atoms with Crippen molar-refractivity contribution < 1.29 is 9.84 Å². The molecular formula is C15H22ClNO2. The number of anilines is 1. The molecule has 1 saturated heterocycles. The largest absolute Gasteiger partial charge is 0.392 e. The van der Waals surface area contributed by atoms with Gasteiger partial charge in [0.2, 0.25) is 0 Å². The van der Waals surface area contributed by atoms with Gasteiger partial charge >= 0.3 is 0 Å². The molecule has 0 amide bonds. The van der Waals surface area contributed by atoms with Crippen molar-refractivity contribution in [3.05, 3.63) is 28.8 Å². The third-order valence-corrected chi connectivity index (χ3v) is 3.62. The summed E-state index contributed by atoms with van der Waals surface area (Å²) in [6.07, 6.45) is 0. The molecule has 0 aromatic heterocycles. The highest BCUT2D eigenvalue weighted by atomic mass is 35.5. The number of aliphatic hydroxyl groups is 1. The molecule has 3 nitrogen and oxygen atoms in total. The third-order valence-electron chi connectivity index (χ3n) is 3.27. The summed E-state index contributed by atoms with van der Waals surface area (Å²) in [5.74, 6) is 0. The SMILES string of the molecule is CC1(C)CN(c2ccc(CO)c(Cl)c2)CC(C)(C)O1. The molecule has 0 saturated carbocycles. The maximum Gasteiger partial charge on any atom is 0.0808 e. The Balaban J connectivity index is 2.28. The summed E-state index contributed by atoms with van der Waals surface area (Å²) < 4.78 is 6.07. The van der Waals surface area contributed by atoms with Crippen LogP contribution in [0.5, 0.6) is 0 Å². The zero-order chi connectivity index (χ0) is 14.3. The number of hydrogen-bond acceptors (Lipinski definition) is 3. The molecule has 0 aliphatic carbocycles. The first kappa shape index (κ1) is 14.6. The van der Waals surface area contributed by atoms with Crippen LogP contribution in [0.15, 0.2) is 18.2 Å². The zero-order valence-electron chi connectivity index (χ0n) is 12.0. The summed E-state index contributed by atoms with van der Waals surface area (Å²) in [6.45, 7) is 10.0. The molecule has 1 aliphatic rings. The van der Waals surface area contributed by atoms with Crippen LogP contribution >= 0.6 is 11.6 Å². The summed E-state index contributed by atoms with van der Waals surface area (Å²) in [7, 11) is 0. The average Bonchev–Trinajstić information content (AvgIpc) is 2.24. The molecule has 1 N–H and O–H groups in total. The Labute approximate surface area is 120 Å². The Bertz CT molecular complexity index is 455. The van der Waals surface area contributed by atoms with Crippen LogP contribution < -0.4 is 4.90 Å². The van der Waals surface area contributed by atoms with Gasteiger partial charge in [-0.15, -0.1) is 0 Å². The number of ether oxygens (including phenoxy) is 1. The van der Waals surface area contributed by atoms with Crippen molar-refractivity contribution in [2.45, 2.75) is 45.5 Å². The van der Waals surface area contributed by atoms with Crippen molar-refractivity contribution in [2.75, 3.05) is 18.0 Å². The molecule has 106 valence electrons. The van der Waals surface area contributed by atoms with Gasteiger partial charge in [-0.25, -0.2) is 0 Å². The second-order valence-corrected chi connectivity index (χ2v) is 6.82. The highest BCUT2D eigenvalue weighted by Crippen LogP contribution is 2.33. The molecule has 1 fully saturated rings. The minimum atomic E-state index is -0.191. The molecule has 19 heavy (non-hydrogen) atoms. The van der Waals surface area contributed by atoms with Gasteiger partial charge in [-0.3, -0.25) is 0 Å². The Morgan fingerprint density at radius 3 is 2.26 bits per heavy atom. The molecule has 2 rings (SSSR count). The van der Waals surface area contributed by atoms with Crippen molar-refractivity contribution in [3.8, 4) is 0 Å². The first-order chi connectivity index (χ1) is 8.72. The van der Waals surface area contributed by atoms with Crippen LogP contribution in [-0.2, 0) is 11.3 Å². The number of morpholine rings is 1. The van der Waals surface area contributed by atoms with E-state index in [1.807, 2.05) is 18.2 Å². The minimum absolute atomic E-state index is 0.0286. The van der Waals surface area contributed by atoms with Crippen LogP contribution in [0, 0.1) is 0 Å². The van der Waals surface area contributed by atoms with Gasteiger partial charge in [0.1, 0.15) is 0 Å². The highest BCUT2D eigenvalue weighted by Gasteiger charge is 2.38. The minimum Gasteiger partial charge on any atom is -0.392 e. The molecule has 0 spiro atoms. The Morgan fingerprint density at radius 2 is 1.79 bits per heavy atom. The second-order valence-electron chi connectivity index (χ2n) is 6.41. The number of aliphatic hydroxyl groups excluding tert-OH is 1. The Morgan fingerprint density at radius 1 is 1.21 bits per heavy atom. The first-order valence-corrected chi connectivity index (χ1v) is 6.95. The first-order valence-electron chi connectivity index (χ1n) is 6.57. The molecule has 0 unspecified atom stereocenters. The quantitative estimate of drug-likeness (QED) is 0.904. The molecule has 0 atom stereocenters. The zero-order valence-corrected chi connectivity index (χ0v) is 12.8. The summed E-state index contributed by atoms with van der Waals surface area (Å²) in [5.41, 5.74) is 1.46. The average molecular weight is 284 g/mol. The van der Waals surface area contributed by atoms with Crippen LogP contribution in [0.2, 0.25) is 5.02 Å².